The number of aliphatic hydroxyl groups excluding tert-OH is 1. The van der Waals surface area contributed by atoms with Crippen LogP contribution in [0.3, 0.4) is 0 Å². The molecule has 84 valence electrons. The van der Waals surface area contributed by atoms with Crippen LogP contribution < -0.4 is 0 Å². The van der Waals surface area contributed by atoms with Crippen LogP contribution in [0.25, 0.3) is 0 Å². The minimum Gasteiger partial charge on any atom is -0.386 e. The second-order valence-electron chi connectivity index (χ2n) is 3.44. The maximum absolute atomic E-state index is 9.83. The topological polar surface area (TPSA) is 38.7 Å². The molecule has 0 aliphatic heterocycles. The number of rotatable bonds is 6. The summed E-state index contributed by atoms with van der Waals surface area (Å²) in [6.45, 7) is 3.36. The molecule has 0 aliphatic carbocycles. The Labute approximate surface area is 90.6 Å². The SMILES string of the molecule is COCCOCC(O)c1ccccc1C. The lowest BCUT2D eigenvalue weighted by molar-refractivity contribution is 0.0124. The molecule has 1 atom stereocenters. The van der Waals surface area contributed by atoms with Gasteiger partial charge in [0.05, 0.1) is 19.8 Å². The molecule has 1 rings (SSSR count). The average molecular weight is 210 g/mol. The number of hydrogen-bond donors (Lipinski definition) is 1. The van der Waals surface area contributed by atoms with Crippen molar-refractivity contribution < 1.29 is 14.6 Å². The van der Waals surface area contributed by atoms with Gasteiger partial charge in [-0.2, -0.15) is 0 Å². The van der Waals surface area contributed by atoms with Crippen LogP contribution in [-0.4, -0.2) is 32.0 Å². The molecule has 1 N–H and O–H groups in total. The lowest BCUT2D eigenvalue weighted by Gasteiger charge is -2.13. The summed E-state index contributed by atoms with van der Waals surface area (Å²) in [5, 5.41) is 9.83. The maximum atomic E-state index is 9.83. The standard InChI is InChI=1S/C12H18O3/c1-10-5-3-4-6-11(10)12(13)9-15-8-7-14-2/h3-6,12-13H,7-9H2,1-2H3. The first-order valence-corrected chi connectivity index (χ1v) is 5.06. The van der Waals surface area contributed by atoms with Crippen LogP contribution in [0.5, 0.6) is 0 Å². The Balaban J connectivity index is 2.40. The molecule has 0 aromatic heterocycles. The molecule has 0 radical (unpaired) electrons. The minimum atomic E-state index is -0.553. The van der Waals surface area contributed by atoms with Crippen molar-refractivity contribution in [2.75, 3.05) is 26.9 Å². The first kappa shape index (κ1) is 12.2. The van der Waals surface area contributed by atoms with Crippen molar-refractivity contribution in [2.24, 2.45) is 0 Å². The molecular weight excluding hydrogens is 192 g/mol. The van der Waals surface area contributed by atoms with Crippen LogP contribution in [0, 0.1) is 6.92 Å². The third kappa shape index (κ3) is 4.00. The second kappa shape index (κ2) is 6.56. The Kier molecular flexibility index (Phi) is 5.32. The quantitative estimate of drug-likeness (QED) is 0.726. The van der Waals surface area contributed by atoms with Crippen molar-refractivity contribution in [1.29, 1.82) is 0 Å². The third-order valence-corrected chi connectivity index (χ3v) is 2.25. The zero-order valence-electron chi connectivity index (χ0n) is 9.27. The Bertz CT molecular complexity index is 286. The predicted octanol–water partition coefficient (Wildman–Crippen LogP) is 1.69. The van der Waals surface area contributed by atoms with Crippen LogP contribution in [0.15, 0.2) is 24.3 Å². The van der Waals surface area contributed by atoms with Crippen molar-refractivity contribution in [2.45, 2.75) is 13.0 Å². The monoisotopic (exact) mass is 210 g/mol. The zero-order chi connectivity index (χ0) is 11.1. The molecule has 0 fully saturated rings. The Morgan fingerprint density at radius 2 is 2.00 bits per heavy atom. The predicted molar refractivity (Wildman–Crippen MR) is 58.8 cm³/mol. The van der Waals surface area contributed by atoms with Crippen molar-refractivity contribution in [3.05, 3.63) is 35.4 Å². The Hall–Kier alpha value is -0.900. The van der Waals surface area contributed by atoms with E-state index in [2.05, 4.69) is 0 Å². The van der Waals surface area contributed by atoms with E-state index in [1.165, 1.54) is 0 Å². The minimum absolute atomic E-state index is 0.314. The van der Waals surface area contributed by atoms with Crippen molar-refractivity contribution in [3.8, 4) is 0 Å². The molecule has 1 aromatic carbocycles. The van der Waals surface area contributed by atoms with E-state index in [1.54, 1.807) is 7.11 Å². The zero-order valence-corrected chi connectivity index (χ0v) is 9.27. The van der Waals surface area contributed by atoms with Crippen LogP contribution in [0.2, 0.25) is 0 Å². The van der Waals surface area contributed by atoms with Gasteiger partial charge in [-0.3, -0.25) is 0 Å². The number of ether oxygens (including phenoxy) is 2. The molecule has 1 aromatic rings. The summed E-state index contributed by atoms with van der Waals surface area (Å²) in [5.74, 6) is 0. The number of aryl methyl sites for hydroxylation is 1. The highest BCUT2D eigenvalue weighted by Crippen LogP contribution is 2.17. The van der Waals surface area contributed by atoms with Crippen molar-refractivity contribution in [3.63, 3.8) is 0 Å². The average Bonchev–Trinajstić information content (AvgIpc) is 2.25. The van der Waals surface area contributed by atoms with Crippen LogP contribution in [0.4, 0.5) is 0 Å². The number of benzene rings is 1. The van der Waals surface area contributed by atoms with Gasteiger partial charge in [0.2, 0.25) is 0 Å². The summed E-state index contributed by atoms with van der Waals surface area (Å²) >= 11 is 0. The molecule has 0 bridgehead atoms. The lowest BCUT2D eigenvalue weighted by Crippen LogP contribution is -2.11. The maximum Gasteiger partial charge on any atom is 0.103 e. The third-order valence-electron chi connectivity index (χ3n) is 2.25. The van der Waals surface area contributed by atoms with Crippen LogP contribution in [0.1, 0.15) is 17.2 Å². The Morgan fingerprint density at radius 1 is 1.27 bits per heavy atom. The fourth-order valence-electron chi connectivity index (χ4n) is 1.39. The van der Waals surface area contributed by atoms with Gasteiger partial charge < -0.3 is 14.6 Å². The van der Waals surface area contributed by atoms with E-state index in [-0.39, 0.29) is 0 Å². The van der Waals surface area contributed by atoms with Gasteiger partial charge >= 0.3 is 0 Å². The molecule has 3 nitrogen and oxygen atoms in total. The fraction of sp³-hybridized carbons (Fsp3) is 0.500. The summed E-state index contributed by atoms with van der Waals surface area (Å²) in [7, 11) is 1.63. The number of aliphatic hydroxyl groups is 1. The molecule has 0 heterocycles. The van der Waals surface area contributed by atoms with Crippen molar-refractivity contribution >= 4 is 0 Å². The summed E-state index contributed by atoms with van der Waals surface area (Å²) in [5.41, 5.74) is 2.01. The van der Waals surface area contributed by atoms with Gasteiger partial charge in [-0.15, -0.1) is 0 Å². The lowest BCUT2D eigenvalue weighted by atomic mass is 10.0. The smallest absolute Gasteiger partial charge is 0.103 e. The molecule has 0 spiro atoms. The van der Waals surface area contributed by atoms with Crippen molar-refractivity contribution in [1.82, 2.24) is 0 Å². The van der Waals surface area contributed by atoms with Gasteiger partial charge in [-0.25, -0.2) is 0 Å². The first-order valence-electron chi connectivity index (χ1n) is 5.06. The highest BCUT2D eigenvalue weighted by Gasteiger charge is 2.09. The summed E-state index contributed by atoms with van der Waals surface area (Å²) < 4.78 is 10.1. The molecule has 0 aliphatic rings. The van der Waals surface area contributed by atoms with E-state index < -0.39 is 6.10 Å². The molecule has 15 heavy (non-hydrogen) atoms. The van der Waals surface area contributed by atoms with E-state index in [0.29, 0.717) is 19.8 Å². The van der Waals surface area contributed by atoms with Gasteiger partial charge in [-0.05, 0) is 18.1 Å². The van der Waals surface area contributed by atoms with Crippen LogP contribution in [-0.2, 0) is 9.47 Å². The van der Waals surface area contributed by atoms with Gasteiger partial charge in [0.1, 0.15) is 6.10 Å². The van der Waals surface area contributed by atoms with Gasteiger partial charge in [0.25, 0.3) is 0 Å². The van der Waals surface area contributed by atoms with E-state index in [1.807, 2.05) is 31.2 Å². The molecule has 0 saturated carbocycles. The largest absolute Gasteiger partial charge is 0.386 e. The molecule has 0 saturated heterocycles. The summed E-state index contributed by atoms with van der Waals surface area (Å²) in [4.78, 5) is 0. The van der Waals surface area contributed by atoms with E-state index >= 15 is 0 Å². The highest BCUT2D eigenvalue weighted by atomic mass is 16.5. The second-order valence-corrected chi connectivity index (χ2v) is 3.44. The Morgan fingerprint density at radius 3 is 2.67 bits per heavy atom. The van der Waals surface area contributed by atoms with Gasteiger partial charge in [0.15, 0.2) is 0 Å². The van der Waals surface area contributed by atoms with Gasteiger partial charge in [0, 0.05) is 7.11 Å². The summed E-state index contributed by atoms with van der Waals surface area (Å²) in [6, 6.07) is 7.77. The molecule has 0 amide bonds. The first-order chi connectivity index (χ1) is 7.25. The van der Waals surface area contributed by atoms with Crippen LogP contribution >= 0.6 is 0 Å². The molecule has 3 heteroatoms. The highest BCUT2D eigenvalue weighted by molar-refractivity contribution is 5.27. The van der Waals surface area contributed by atoms with Gasteiger partial charge in [-0.1, -0.05) is 24.3 Å². The van der Waals surface area contributed by atoms with E-state index in [9.17, 15) is 5.11 Å². The van der Waals surface area contributed by atoms with E-state index in [4.69, 9.17) is 9.47 Å². The number of methoxy groups -OCH3 is 1. The normalized spacial score (nSPS) is 12.7. The van der Waals surface area contributed by atoms with E-state index in [0.717, 1.165) is 11.1 Å². The molecular formula is C12H18O3. The fourth-order valence-corrected chi connectivity index (χ4v) is 1.39. The molecule has 1 unspecified atom stereocenters. The number of hydrogen-bond acceptors (Lipinski definition) is 3. The summed E-state index contributed by atoms with van der Waals surface area (Å²) in [6.07, 6.45) is -0.553.